The summed E-state index contributed by atoms with van der Waals surface area (Å²) >= 11 is 0. The van der Waals surface area contributed by atoms with E-state index in [1.54, 1.807) is 0 Å². The van der Waals surface area contributed by atoms with Crippen molar-refractivity contribution in [2.24, 2.45) is 16.6 Å². The topological polar surface area (TPSA) is 38.4 Å². The molecule has 2 unspecified atom stereocenters. The van der Waals surface area contributed by atoms with Gasteiger partial charge in [0.15, 0.2) is 0 Å². The number of nitrogens with zero attached hydrogens (tertiary/aromatic N) is 1. The molecule has 8 heavy (non-hydrogen) atoms. The molecule has 0 aromatic carbocycles. The second-order valence-electron chi connectivity index (χ2n) is 3.00. The highest BCUT2D eigenvalue weighted by atomic mass is 15.0. The van der Waals surface area contributed by atoms with Crippen molar-refractivity contribution >= 4 is 6.72 Å². The lowest BCUT2D eigenvalue weighted by atomic mass is 9.88. The lowest BCUT2D eigenvalue weighted by molar-refractivity contribution is 0.340. The molecule has 0 heterocycles. The Morgan fingerprint density at radius 2 is 2.38 bits per heavy atom. The molecule has 2 aliphatic carbocycles. The SMILES string of the molecule is C=NC1C[C@@]2(N)CC12. The van der Waals surface area contributed by atoms with Gasteiger partial charge in [-0.3, -0.25) is 4.99 Å². The Kier molecular flexibility index (Phi) is 0.553. The summed E-state index contributed by atoms with van der Waals surface area (Å²) in [5.74, 6) is 0.708. The summed E-state index contributed by atoms with van der Waals surface area (Å²) in [6, 6.07) is 0.514. The minimum Gasteiger partial charge on any atom is -0.325 e. The maximum Gasteiger partial charge on any atom is 0.0556 e. The van der Waals surface area contributed by atoms with Crippen molar-refractivity contribution in [2.45, 2.75) is 24.4 Å². The third-order valence-corrected chi connectivity index (χ3v) is 2.47. The minimum absolute atomic E-state index is 0.228. The molecule has 2 N–H and O–H groups in total. The van der Waals surface area contributed by atoms with Crippen molar-refractivity contribution in [3.8, 4) is 0 Å². The monoisotopic (exact) mass is 110 g/mol. The molecule has 44 valence electrons. The second-order valence-corrected chi connectivity index (χ2v) is 3.00. The number of hydrogen-bond donors (Lipinski definition) is 1. The lowest BCUT2D eigenvalue weighted by Gasteiger charge is -2.27. The zero-order chi connectivity index (χ0) is 5.78. The van der Waals surface area contributed by atoms with E-state index in [2.05, 4.69) is 11.7 Å². The second kappa shape index (κ2) is 0.982. The van der Waals surface area contributed by atoms with Gasteiger partial charge in [0, 0.05) is 11.5 Å². The van der Waals surface area contributed by atoms with E-state index >= 15 is 0 Å². The summed E-state index contributed by atoms with van der Waals surface area (Å²) in [6.45, 7) is 3.49. The van der Waals surface area contributed by atoms with Gasteiger partial charge in [0.05, 0.1) is 6.04 Å². The van der Waals surface area contributed by atoms with E-state index in [4.69, 9.17) is 5.73 Å². The highest BCUT2D eigenvalue weighted by Crippen LogP contribution is 2.58. The number of hydrogen-bond acceptors (Lipinski definition) is 2. The summed E-state index contributed by atoms with van der Waals surface area (Å²) in [5, 5.41) is 0. The highest BCUT2D eigenvalue weighted by Gasteiger charge is 2.64. The summed E-state index contributed by atoms with van der Waals surface area (Å²) in [6.07, 6.45) is 2.28. The van der Waals surface area contributed by atoms with Crippen LogP contribution in [0.25, 0.3) is 0 Å². The standard InChI is InChI=1S/C6H10N2/c1-8-5-3-6(7)2-4(5)6/h4-5H,1-3,7H2/t4?,5?,6-/m0/s1. The van der Waals surface area contributed by atoms with Crippen LogP contribution in [-0.2, 0) is 0 Å². The largest absolute Gasteiger partial charge is 0.325 e. The summed E-state index contributed by atoms with van der Waals surface area (Å²) in [7, 11) is 0. The van der Waals surface area contributed by atoms with Crippen LogP contribution in [0.15, 0.2) is 4.99 Å². The van der Waals surface area contributed by atoms with Gasteiger partial charge in [0.2, 0.25) is 0 Å². The molecule has 0 saturated heterocycles. The third-order valence-electron chi connectivity index (χ3n) is 2.47. The number of fused-ring (bicyclic) bond motifs is 1. The Balaban J connectivity index is 2.06. The lowest BCUT2D eigenvalue weighted by Crippen LogP contribution is -2.41. The van der Waals surface area contributed by atoms with Crippen molar-refractivity contribution in [2.75, 3.05) is 0 Å². The van der Waals surface area contributed by atoms with E-state index in [9.17, 15) is 0 Å². The number of rotatable bonds is 1. The molecule has 2 nitrogen and oxygen atoms in total. The minimum atomic E-state index is 0.228. The first-order chi connectivity index (χ1) is 3.76. The fourth-order valence-electron chi connectivity index (χ4n) is 1.67. The van der Waals surface area contributed by atoms with Gasteiger partial charge in [-0.15, -0.1) is 0 Å². The fraction of sp³-hybridized carbons (Fsp3) is 0.833. The van der Waals surface area contributed by atoms with Crippen LogP contribution in [0.5, 0.6) is 0 Å². The van der Waals surface area contributed by atoms with Crippen LogP contribution in [0.4, 0.5) is 0 Å². The maximum atomic E-state index is 5.77. The smallest absolute Gasteiger partial charge is 0.0556 e. The molecule has 0 aliphatic heterocycles. The molecule has 0 aromatic rings. The first-order valence-corrected chi connectivity index (χ1v) is 3.01. The van der Waals surface area contributed by atoms with E-state index in [0.717, 1.165) is 6.42 Å². The van der Waals surface area contributed by atoms with Gasteiger partial charge >= 0.3 is 0 Å². The number of aliphatic imine (C=N–C) groups is 1. The molecule has 0 aromatic heterocycles. The molecule has 2 heteroatoms. The summed E-state index contributed by atoms with van der Waals surface area (Å²) in [5.41, 5.74) is 6.00. The van der Waals surface area contributed by atoms with Crippen LogP contribution in [0.3, 0.4) is 0 Å². The molecule has 0 spiro atoms. The molecule has 2 saturated carbocycles. The molecule has 2 rings (SSSR count). The third kappa shape index (κ3) is 0.313. The Morgan fingerprint density at radius 3 is 2.50 bits per heavy atom. The van der Waals surface area contributed by atoms with Crippen LogP contribution in [-0.4, -0.2) is 18.3 Å². The Morgan fingerprint density at radius 1 is 1.62 bits per heavy atom. The summed E-state index contributed by atoms with van der Waals surface area (Å²) < 4.78 is 0. The zero-order valence-corrected chi connectivity index (χ0v) is 4.80. The van der Waals surface area contributed by atoms with E-state index in [1.807, 2.05) is 0 Å². The van der Waals surface area contributed by atoms with Gasteiger partial charge in [0.1, 0.15) is 0 Å². The molecule has 2 fully saturated rings. The predicted molar refractivity (Wildman–Crippen MR) is 33.0 cm³/mol. The van der Waals surface area contributed by atoms with Crippen molar-refractivity contribution in [1.82, 2.24) is 0 Å². The molecule has 2 aliphatic rings. The van der Waals surface area contributed by atoms with Crippen molar-refractivity contribution in [3.05, 3.63) is 0 Å². The van der Waals surface area contributed by atoms with Crippen LogP contribution < -0.4 is 5.73 Å². The molecular formula is C6H10N2. The van der Waals surface area contributed by atoms with Crippen LogP contribution >= 0.6 is 0 Å². The molecular weight excluding hydrogens is 100 g/mol. The highest BCUT2D eigenvalue weighted by molar-refractivity contribution is 5.31. The first-order valence-electron chi connectivity index (χ1n) is 3.01. The van der Waals surface area contributed by atoms with Gasteiger partial charge in [-0.2, -0.15) is 0 Å². The average Bonchev–Trinajstić information content (AvgIpc) is 2.21. The normalized spacial score (nSPS) is 58.6. The maximum absolute atomic E-state index is 5.77. The Bertz CT molecular complexity index is 143. The van der Waals surface area contributed by atoms with E-state index in [0.29, 0.717) is 12.0 Å². The number of nitrogens with two attached hydrogens (primary N) is 1. The van der Waals surface area contributed by atoms with Crippen molar-refractivity contribution in [3.63, 3.8) is 0 Å². The molecule has 0 amide bonds. The van der Waals surface area contributed by atoms with Gasteiger partial charge in [-0.1, -0.05) is 0 Å². The van der Waals surface area contributed by atoms with Gasteiger partial charge < -0.3 is 5.73 Å². The van der Waals surface area contributed by atoms with Crippen LogP contribution in [0.1, 0.15) is 12.8 Å². The Hall–Kier alpha value is -0.370. The zero-order valence-electron chi connectivity index (χ0n) is 4.80. The quantitative estimate of drug-likeness (QED) is 0.480. The van der Waals surface area contributed by atoms with Gasteiger partial charge in [-0.25, -0.2) is 0 Å². The fourth-order valence-corrected chi connectivity index (χ4v) is 1.67. The van der Waals surface area contributed by atoms with E-state index < -0.39 is 0 Å². The molecule has 0 bridgehead atoms. The average molecular weight is 110 g/mol. The van der Waals surface area contributed by atoms with E-state index in [-0.39, 0.29) is 5.54 Å². The summed E-state index contributed by atoms with van der Waals surface area (Å²) in [4.78, 5) is 3.93. The van der Waals surface area contributed by atoms with Crippen molar-refractivity contribution in [1.29, 1.82) is 0 Å². The first kappa shape index (κ1) is 4.50. The molecule has 0 radical (unpaired) electrons. The van der Waals surface area contributed by atoms with Crippen LogP contribution in [0, 0.1) is 5.92 Å². The van der Waals surface area contributed by atoms with E-state index in [1.165, 1.54) is 6.42 Å². The van der Waals surface area contributed by atoms with Crippen molar-refractivity contribution < 1.29 is 0 Å². The van der Waals surface area contributed by atoms with Crippen LogP contribution in [0.2, 0.25) is 0 Å². The predicted octanol–water partition coefficient (Wildman–Crippen LogP) is 0.177. The Labute approximate surface area is 48.8 Å². The molecule has 3 atom stereocenters. The van der Waals surface area contributed by atoms with Gasteiger partial charge in [-0.05, 0) is 19.6 Å². The van der Waals surface area contributed by atoms with Gasteiger partial charge in [0.25, 0.3) is 0 Å².